The molecule has 1 fully saturated rings. The molecule has 0 bridgehead atoms. The van der Waals surface area contributed by atoms with Crippen LogP contribution in [0.1, 0.15) is 18.9 Å². The Morgan fingerprint density at radius 3 is 3.08 bits per heavy atom. The van der Waals surface area contributed by atoms with E-state index in [0.29, 0.717) is 6.04 Å². The van der Waals surface area contributed by atoms with Crippen LogP contribution in [0.25, 0.3) is 0 Å². The van der Waals surface area contributed by atoms with Gasteiger partial charge < -0.3 is 10.6 Å². The van der Waals surface area contributed by atoms with Crippen LogP contribution in [0.3, 0.4) is 0 Å². The number of rotatable bonds is 1. The summed E-state index contributed by atoms with van der Waals surface area (Å²) >= 11 is 0. The molecule has 2 rings (SSSR count). The fourth-order valence-electron chi connectivity index (χ4n) is 1.91. The van der Waals surface area contributed by atoms with Crippen molar-refractivity contribution >= 4 is 5.69 Å². The quantitative estimate of drug-likeness (QED) is 0.693. The van der Waals surface area contributed by atoms with Crippen LogP contribution in [0.15, 0.2) is 12.4 Å². The molecule has 1 unspecified atom stereocenters. The molecule has 1 saturated heterocycles. The van der Waals surface area contributed by atoms with Gasteiger partial charge in [0, 0.05) is 12.7 Å². The lowest BCUT2D eigenvalue weighted by Gasteiger charge is -2.29. The van der Waals surface area contributed by atoms with E-state index in [0.717, 1.165) is 12.2 Å². The van der Waals surface area contributed by atoms with E-state index in [2.05, 4.69) is 17.0 Å². The second-order valence-corrected chi connectivity index (χ2v) is 3.81. The average molecular weight is 180 g/mol. The number of likely N-dealkylation sites (N-methyl/N-ethyl adjacent to an activating group) is 1. The highest BCUT2D eigenvalue weighted by molar-refractivity contribution is 5.30. The van der Waals surface area contributed by atoms with Crippen molar-refractivity contribution in [3.05, 3.63) is 12.4 Å². The first-order chi connectivity index (χ1) is 6.25. The highest BCUT2D eigenvalue weighted by atomic mass is 15.3. The van der Waals surface area contributed by atoms with Crippen molar-refractivity contribution < 1.29 is 0 Å². The molecular weight excluding hydrogens is 164 g/mol. The van der Waals surface area contributed by atoms with Crippen LogP contribution in [0, 0.1) is 0 Å². The number of nitrogen functional groups attached to an aromatic ring is 1. The minimum atomic E-state index is 0.510. The molecule has 0 radical (unpaired) electrons. The molecule has 2 N–H and O–H groups in total. The summed E-state index contributed by atoms with van der Waals surface area (Å²) in [7, 11) is 2.15. The molecule has 1 aliphatic heterocycles. The minimum absolute atomic E-state index is 0.510. The standard InChI is InChI=1S/C9H16N4/c1-12-4-2-3-9(7-12)13-6-8(10)5-11-13/h5-6,9H,2-4,7,10H2,1H3. The summed E-state index contributed by atoms with van der Waals surface area (Å²) < 4.78 is 1.99. The first-order valence-corrected chi connectivity index (χ1v) is 4.74. The van der Waals surface area contributed by atoms with Crippen LogP contribution >= 0.6 is 0 Å². The van der Waals surface area contributed by atoms with Gasteiger partial charge in [-0.2, -0.15) is 5.10 Å². The Kier molecular flexibility index (Phi) is 2.22. The molecular formula is C9H16N4. The number of piperidine rings is 1. The second kappa shape index (κ2) is 3.38. The van der Waals surface area contributed by atoms with E-state index in [1.807, 2.05) is 10.9 Å². The number of nitrogens with zero attached hydrogens (tertiary/aromatic N) is 3. The van der Waals surface area contributed by atoms with E-state index in [1.54, 1.807) is 6.20 Å². The Morgan fingerprint density at radius 2 is 2.46 bits per heavy atom. The molecule has 0 amide bonds. The lowest BCUT2D eigenvalue weighted by atomic mass is 10.1. The van der Waals surface area contributed by atoms with E-state index in [-0.39, 0.29) is 0 Å². The predicted molar refractivity (Wildman–Crippen MR) is 52.4 cm³/mol. The number of anilines is 1. The number of aromatic nitrogens is 2. The van der Waals surface area contributed by atoms with Crippen molar-refractivity contribution in [2.45, 2.75) is 18.9 Å². The van der Waals surface area contributed by atoms with E-state index < -0.39 is 0 Å². The van der Waals surface area contributed by atoms with Crippen molar-refractivity contribution in [2.24, 2.45) is 0 Å². The maximum Gasteiger partial charge on any atom is 0.0719 e. The molecule has 4 heteroatoms. The number of likely N-dealkylation sites (tertiary alicyclic amines) is 1. The van der Waals surface area contributed by atoms with Gasteiger partial charge in [-0.15, -0.1) is 0 Å². The molecule has 0 aliphatic carbocycles. The SMILES string of the molecule is CN1CCCC(n2cc(N)cn2)C1. The Morgan fingerprint density at radius 1 is 1.62 bits per heavy atom. The van der Waals surface area contributed by atoms with E-state index >= 15 is 0 Å². The molecule has 0 aromatic carbocycles. The number of nitrogens with two attached hydrogens (primary N) is 1. The molecule has 0 spiro atoms. The normalized spacial score (nSPS) is 24.8. The minimum Gasteiger partial charge on any atom is -0.396 e. The first kappa shape index (κ1) is 8.56. The fraction of sp³-hybridized carbons (Fsp3) is 0.667. The third kappa shape index (κ3) is 1.83. The summed E-state index contributed by atoms with van der Waals surface area (Å²) in [5.41, 5.74) is 6.38. The van der Waals surface area contributed by atoms with Gasteiger partial charge in [-0.1, -0.05) is 0 Å². The second-order valence-electron chi connectivity index (χ2n) is 3.81. The van der Waals surface area contributed by atoms with Crippen LogP contribution in [-0.2, 0) is 0 Å². The molecule has 1 aromatic rings. The van der Waals surface area contributed by atoms with Crippen LogP contribution in [0.2, 0.25) is 0 Å². The molecule has 1 aliphatic rings. The van der Waals surface area contributed by atoms with E-state index in [1.165, 1.54) is 19.4 Å². The number of hydrogen-bond donors (Lipinski definition) is 1. The fourth-order valence-corrected chi connectivity index (χ4v) is 1.91. The Bertz CT molecular complexity index is 281. The molecule has 0 saturated carbocycles. The van der Waals surface area contributed by atoms with E-state index in [4.69, 9.17) is 5.73 Å². The molecule has 13 heavy (non-hydrogen) atoms. The van der Waals surface area contributed by atoms with Crippen molar-refractivity contribution in [3.8, 4) is 0 Å². The molecule has 1 aromatic heterocycles. The average Bonchev–Trinajstić information content (AvgIpc) is 2.52. The third-order valence-electron chi connectivity index (χ3n) is 2.60. The van der Waals surface area contributed by atoms with Crippen LogP contribution in [0.5, 0.6) is 0 Å². The van der Waals surface area contributed by atoms with Gasteiger partial charge in [0.15, 0.2) is 0 Å². The topological polar surface area (TPSA) is 47.1 Å². The highest BCUT2D eigenvalue weighted by Gasteiger charge is 2.18. The summed E-state index contributed by atoms with van der Waals surface area (Å²) in [4.78, 5) is 2.34. The Hall–Kier alpha value is -1.03. The molecule has 1 atom stereocenters. The van der Waals surface area contributed by atoms with Crippen molar-refractivity contribution in [3.63, 3.8) is 0 Å². The molecule has 72 valence electrons. The van der Waals surface area contributed by atoms with Gasteiger partial charge >= 0.3 is 0 Å². The van der Waals surface area contributed by atoms with Gasteiger partial charge in [0.1, 0.15) is 0 Å². The summed E-state index contributed by atoms with van der Waals surface area (Å²) in [5, 5.41) is 4.24. The van der Waals surface area contributed by atoms with Crippen LogP contribution < -0.4 is 5.73 Å². The van der Waals surface area contributed by atoms with Gasteiger partial charge in [-0.05, 0) is 26.4 Å². The van der Waals surface area contributed by atoms with E-state index in [9.17, 15) is 0 Å². The van der Waals surface area contributed by atoms with Gasteiger partial charge in [0.05, 0.1) is 17.9 Å². The van der Waals surface area contributed by atoms with Gasteiger partial charge in [0.25, 0.3) is 0 Å². The zero-order chi connectivity index (χ0) is 9.26. The first-order valence-electron chi connectivity index (χ1n) is 4.74. The van der Waals surface area contributed by atoms with Gasteiger partial charge in [0.2, 0.25) is 0 Å². The molecule has 4 nitrogen and oxygen atoms in total. The van der Waals surface area contributed by atoms with Crippen LogP contribution in [0.4, 0.5) is 5.69 Å². The molecule has 2 heterocycles. The zero-order valence-electron chi connectivity index (χ0n) is 7.98. The summed E-state index contributed by atoms with van der Waals surface area (Å²) in [6.07, 6.45) is 6.10. The Balaban J connectivity index is 2.08. The highest BCUT2D eigenvalue weighted by Crippen LogP contribution is 2.20. The predicted octanol–water partition coefficient (Wildman–Crippen LogP) is 0.732. The van der Waals surface area contributed by atoms with Gasteiger partial charge in [-0.25, -0.2) is 0 Å². The lowest BCUT2D eigenvalue weighted by molar-refractivity contribution is 0.202. The third-order valence-corrected chi connectivity index (χ3v) is 2.60. The monoisotopic (exact) mass is 180 g/mol. The van der Waals surface area contributed by atoms with Crippen LogP contribution in [-0.4, -0.2) is 34.8 Å². The maximum atomic E-state index is 5.62. The summed E-state index contributed by atoms with van der Waals surface area (Å²) in [6, 6.07) is 0.510. The summed E-state index contributed by atoms with van der Waals surface area (Å²) in [5.74, 6) is 0. The summed E-state index contributed by atoms with van der Waals surface area (Å²) in [6.45, 7) is 2.29. The largest absolute Gasteiger partial charge is 0.396 e. The van der Waals surface area contributed by atoms with Crippen molar-refractivity contribution in [1.29, 1.82) is 0 Å². The lowest BCUT2D eigenvalue weighted by Crippen LogP contribution is -2.33. The zero-order valence-corrected chi connectivity index (χ0v) is 7.98. The smallest absolute Gasteiger partial charge is 0.0719 e. The van der Waals surface area contributed by atoms with Gasteiger partial charge in [-0.3, -0.25) is 4.68 Å². The maximum absolute atomic E-state index is 5.62. The Labute approximate surface area is 78.3 Å². The number of hydrogen-bond acceptors (Lipinski definition) is 3. The van der Waals surface area contributed by atoms with Crippen molar-refractivity contribution in [2.75, 3.05) is 25.9 Å². The van der Waals surface area contributed by atoms with Crippen molar-refractivity contribution in [1.82, 2.24) is 14.7 Å².